The van der Waals surface area contributed by atoms with Crippen molar-refractivity contribution in [2.24, 2.45) is 11.3 Å². The Bertz CT molecular complexity index is 267. The molecule has 0 spiro atoms. The van der Waals surface area contributed by atoms with Crippen LogP contribution in [0.25, 0.3) is 0 Å². The monoisotopic (exact) mass is 226 g/mol. The van der Waals surface area contributed by atoms with Gasteiger partial charge in [0.25, 0.3) is 0 Å². The molecule has 0 saturated carbocycles. The van der Waals surface area contributed by atoms with Crippen LogP contribution in [0.4, 0.5) is 0 Å². The predicted molar refractivity (Wildman–Crippen MR) is 62.9 cm³/mol. The van der Waals surface area contributed by atoms with Gasteiger partial charge in [-0.15, -0.1) is 0 Å². The topological polar surface area (TPSA) is 64.3 Å². The summed E-state index contributed by atoms with van der Waals surface area (Å²) < 4.78 is 0. The lowest BCUT2D eigenvalue weighted by molar-refractivity contribution is -0.138. The SMILES string of the molecule is CC(C)CN(CCC(C)(C)C#N)CC(=O)O. The number of hydrogen-bond acceptors (Lipinski definition) is 3. The molecule has 4 heteroatoms. The van der Waals surface area contributed by atoms with E-state index in [0.717, 1.165) is 6.54 Å². The number of nitrogens with zero attached hydrogens (tertiary/aromatic N) is 2. The maximum Gasteiger partial charge on any atom is 0.317 e. The van der Waals surface area contributed by atoms with E-state index in [2.05, 4.69) is 19.9 Å². The summed E-state index contributed by atoms with van der Waals surface area (Å²) in [7, 11) is 0. The Labute approximate surface area is 97.9 Å². The van der Waals surface area contributed by atoms with Gasteiger partial charge >= 0.3 is 5.97 Å². The molecule has 0 aromatic carbocycles. The van der Waals surface area contributed by atoms with Crippen molar-refractivity contribution < 1.29 is 9.90 Å². The van der Waals surface area contributed by atoms with E-state index < -0.39 is 5.97 Å². The summed E-state index contributed by atoms with van der Waals surface area (Å²) in [6, 6.07) is 2.23. The minimum Gasteiger partial charge on any atom is -0.480 e. The van der Waals surface area contributed by atoms with Gasteiger partial charge in [0.05, 0.1) is 18.0 Å². The summed E-state index contributed by atoms with van der Waals surface area (Å²) in [6.45, 7) is 9.34. The maximum absolute atomic E-state index is 10.7. The van der Waals surface area contributed by atoms with Crippen molar-refractivity contribution in [2.45, 2.75) is 34.1 Å². The van der Waals surface area contributed by atoms with Crippen LogP contribution in [0.3, 0.4) is 0 Å². The number of carboxylic acids is 1. The van der Waals surface area contributed by atoms with E-state index in [4.69, 9.17) is 10.4 Å². The van der Waals surface area contributed by atoms with Crippen LogP contribution in [-0.4, -0.2) is 35.6 Å². The highest BCUT2D eigenvalue weighted by atomic mass is 16.4. The van der Waals surface area contributed by atoms with E-state index in [1.165, 1.54) is 0 Å². The zero-order chi connectivity index (χ0) is 12.8. The normalized spacial score (nSPS) is 11.8. The summed E-state index contributed by atoms with van der Waals surface area (Å²) in [4.78, 5) is 12.6. The first-order valence-electron chi connectivity index (χ1n) is 5.62. The van der Waals surface area contributed by atoms with Crippen LogP contribution in [0.5, 0.6) is 0 Å². The Kier molecular flexibility index (Phi) is 6.05. The second-order valence-electron chi connectivity index (χ2n) is 5.27. The number of carboxylic acid groups (broad SMARTS) is 1. The van der Waals surface area contributed by atoms with Gasteiger partial charge in [-0.05, 0) is 26.2 Å². The molecule has 0 amide bonds. The number of nitriles is 1. The lowest BCUT2D eigenvalue weighted by atomic mass is 9.91. The van der Waals surface area contributed by atoms with E-state index in [9.17, 15) is 4.79 Å². The second kappa shape index (κ2) is 6.49. The van der Waals surface area contributed by atoms with E-state index >= 15 is 0 Å². The molecular weight excluding hydrogens is 204 g/mol. The molecule has 0 atom stereocenters. The smallest absolute Gasteiger partial charge is 0.317 e. The van der Waals surface area contributed by atoms with Crippen molar-refractivity contribution in [1.29, 1.82) is 5.26 Å². The van der Waals surface area contributed by atoms with Crippen LogP contribution in [0, 0.1) is 22.7 Å². The van der Waals surface area contributed by atoms with E-state index in [1.54, 1.807) is 0 Å². The Morgan fingerprint density at radius 2 is 2.06 bits per heavy atom. The Morgan fingerprint density at radius 3 is 2.44 bits per heavy atom. The third-order valence-corrected chi connectivity index (χ3v) is 2.34. The molecule has 4 nitrogen and oxygen atoms in total. The highest BCUT2D eigenvalue weighted by molar-refractivity contribution is 5.69. The summed E-state index contributed by atoms with van der Waals surface area (Å²) in [5, 5.41) is 17.7. The van der Waals surface area contributed by atoms with E-state index in [0.29, 0.717) is 18.9 Å². The molecule has 0 aliphatic heterocycles. The molecule has 0 saturated heterocycles. The van der Waals surface area contributed by atoms with Crippen molar-refractivity contribution >= 4 is 5.97 Å². The fourth-order valence-corrected chi connectivity index (χ4v) is 1.44. The van der Waals surface area contributed by atoms with Crippen molar-refractivity contribution in [3.63, 3.8) is 0 Å². The molecule has 0 heterocycles. The van der Waals surface area contributed by atoms with Crippen LogP contribution in [-0.2, 0) is 4.79 Å². The number of carbonyl (C=O) groups is 1. The van der Waals surface area contributed by atoms with E-state index in [-0.39, 0.29) is 12.0 Å². The van der Waals surface area contributed by atoms with Crippen LogP contribution < -0.4 is 0 Å². The average Bonchev–Trinajstić information content (AvgIpc) is 2.13. The van der Waals surface area contributed by atoms with Gasteiger partial charge in [-0.2, -0.15) is 5.26 Å². The average molecular weight is 226 g/mol. The van der Waals surface area contributed by atoms with Gasteiger partial charge < -0.3 is 5.11 Å². The van der Waals surface area contributed by atoms with Gasteiger partial charge in [0.15, 0.2) is 0 Å². The van der Waals surface area contributed by atoms with Gasteiger partial charge in [0, 0.05) is 13.1 Å². The molecule has 0 aromatic heterocycles. The summed E-state index contributed by atoms with van der Waals surface area (Å²) in [5.41, 5.74) is -0.381. The first-order valence-corrected chi connectivity index (χ1v) is 5.62. The zero-order valence-corrected chi connectivity index (χ0v) is 10.7. The van der Waals surface area contributed by atoms with Gasteiger partial charge in [0.1, 0.15) is 0 Å². The Balaban J connectivity index is 4.22. The van der Waals surface area contributed by atoms with Crippen molar-refractivity contribution in [1.82, 2.24) is 4.90 Å². The van der Waals surface area contributed by atoms with Crippen LogP contribution in [0.2, 0.25) is 0 Å². The minimum atomic E-state index is -0.810. The van der Waals surface area contributed by atoms with Crippen LogP contribution >= 0.6 is 0 Å². The lowest BCUT2D eigenvalue weighted by Crippen LogP contribution is -2.35. The number of hydrogen-bond donors (Lipinski definition) is 1. The zero-order valence-electron chi connectivity index (χ0n) is 10.7. The number of aliphatic carboxylic acids is 1. The molecular formula is C12H22N2O2. The summed E-state index contributed by atoms with van der Waals surface area (Å²) in [6.07, 6.45) is 0.698. The van der Waals surface area contributed by atoms with Crippen LogP contribution in [0.1, 0.15) is 34.1 Å². The number of rotatable bonds is 7. The predicted octanol–water partition coefficient (Wildman–Crippen LogP) is 1.97. The summed E-state index contributed by atoms with van der Waals surface area (Å²) in [5.74, 6) is -0.375. The first kappa shape index (κ1) is 14.9. The summed E-state index contributed by atoms with van der Waals surface area (Å²) >= 11 is 0. The fourth-order valence-electron chi connectivity index (χ4n) is 1.44. The Hall–Kier alpha value is -1.08. The highest BCUT2D eigenvalue weighted by Gasteiger charge is 2.19. The van der Waals surface area contributed by atoms with Gasteiger partial charge in [0.2, 0.25) is 0 Å². The van der Waals surface area contributed by atoms with Crippen molar-refractivity contribution in [2.75, 3.05) is 19.6 Å². The minimum absolute atomic E-state index is 0.0552. The molecule has 0 aliphatic carbocycles. The van der Waals surface area contributed by atoms with Crippen LogP contribution in [0.15, 0.2) is 0 Å². The third-order valence-electron chi connectivity index (χ3n) is 2.34. The molecule has 0 rings (SSSR count). The van der Waals surface area contributed by atoms with E-state index in [1.807, 2.05) is 18.7 Å². The molecule has 16 heavy (non-hydrogen) atoms. The molecule has 1 N–H and O–H groups in total. The molecule has 0 fully saturated rings. The third kappa shape index (κ3) is 7.24. The molecule has 0 aliphatic rings. The fraction of sp³-hybridized carbons (Fsp3) is 0.833. The maximum atomic E-state index is 10.7. The van der Waals surface area contributed by atoms with Gasteiger partial charge in [-0.3, -0.25) is 9.69 Å². The first-order chi connectivity index (χ1) is 7.26. The second-order valence-corrected chi connectivity index (χ2v) is 5.27. The van der Waals surface area contributed by atoms with Crippen molar-refractivity contribution in [3.8, 4) is 6.07 Å². The molecule has 0 unspecified atom stereocenters. The van der Waals surface area contributed by atoms with Gasteiger partial charge in [-0.1, -0.05) is 13.8 Å². The van der Waals surface area contributed by atoms with Crippen molar-refractivity contribution in [3.05, 3.63) is 0 Å². The van der Waals surface area contributed by atoms with Gasteiger partial charge in [-0.25, -0.2) is 0 Å². The highest BCUT2D eigenvalue weighted by Crippen LogP contribution is 2.19. The molecule has 0 bridgehead atoms. The standard InChI is InChI=1S/C12H22N2O2/c1-10(2)7-14(8-11(15)16)6-5-12(3,4)9-13/h10H,5-8H2,1-4H3,(H,15,16). The largest absolute Gasteiger partial charge is 0.480 e. The quantitative estimate of drug-likeness (QED) is 0.720. The molecule has 0 radical (unpaired) electrons. The molecule has 92 valence electrons. The Morgan fingerprint density at radius 1 is 1.50 bits per heavy atom. The lowest BCUT2D eigenvalue weighted by Gasteiger charge is -2.25. The molecule has 0 aromatic rings.